The van der Waals surface area contributed by atoms with Gasteiger partial charge in [0, 0.05) is 48.1 Å². The lowest BCUT2D eigenvalue weighted by molar-refractivity contribution is 0.0954. The van der Waals surface area contributed by atoms with Gasteiger partial charge in [0.05, 0.1) is 30.4 Å². The van der Waals surface area contributed by atoms with Crippen LogP contribution >= 0.6 is 0 Å². The van der Waals surface area contributed by atoms with E-state index < -0.39 is 0 Å². The van der Waals surface area contributed by atoms with Crippen LogP contribution in [0.25, 0.3) is 11.3 Å². The number of benzene rings is 1. The zero-order valence-electron chi connectivity index (χ0n) is 21.1. The van der Waals surface area contributed by atoms with Gasteiger partial charge in [0.2, 0.25) is 5.95 Å². The Morgan fingerprint density at radius 1 is 1.13 bits per heavy atom. The molecule has 2 N–H and O–H groups in total. The second-order valence-corrected chi connectivity index (χ2v) is 9.52. The molecule has 1 amide bonds. The van der Waals surface area contributed by atoms with E-state index in [4.69, 9.17) is 0 Å². The molecule has 1 fully saturated rings. The number of carbonyl (C=O) groups excluding carboxylic acids is 1. The number of amides is 1. The molecule has 1 atom stereocenters. The van der Waals surface area contributed by atoms with E-state index in [9.17, 15) is 10.1 Å². The lowest BCUT2D eigenvalue weighted by Crippen LogP contribution is -2.25. The molecule has 0 saturated heterocycles. The van der Waals surface area contributed by atoms with Crippen LogP contribution in [0.5, 0.6) is 0 Å². The number of nitrogens with one attached hydrogen (secondary N) is 2. The Morgan fingerprint density at radius 2 is 2.03 bits per heavy atom. The van der Waals surface area contributed by atoms with E-state index in [0.29, 0.717) is 42.5 Å². The summed E-state index contributed by atoms with van der Waals surface area (Å²) in [6.07, 6.45) is 14.9. The first-order chi connectivity index (χ1) is 18.7. The standard InChI is InChI=1S/C29H30N8O/c30-13-10-27(22-6-1-2-7-22)37-20-24(19-34-37)26-12-16-33-29(36-26)35-25-9-3-8-23(17-25)28(38)32-15-11-21-5-4-14-31-18-21/h3-5,8-9,12,14,16-20,22,27H,1-2,6-7,10-11,15H2,(H,32,38)(H,33,35,36). The summed E-state index contributed by atoms with van der Waals surface area (Å²) in [6.45, 7) is 0.525. The van der Waals surface area contributed by atoms with E-state index >= 15 is 0 Å². The Balaban J connectivity index is 1.24. The summed E-state index contributed by atoms with van der Waals surface area (Å²) >= 11 is 0. The highest BCUT2D eigenvalue weighted by Gasteiger charge is 2.27. The van der Waals surface area contributed by atoms with Crippen molar-refractivity contribution in [2.45, 2.75) is 44.6 Å². The predicted molar refractivity (Wildman–Crippen MR) is 144 cm³/mol. The highest BCUT2D eigenvalue weighted by Crippen LogP contribution is 2.36. The van der Waals surface area contributed by atoms with Gasteiger partial charge >= 0.3 is 0 Å². The van der Waals surface area contributed by atoms with E-state index in [1.165, 1.54) is 12.8 Å². The van der Waals surface area contributed by atoms with Gasteiger partial charge in [-0.05, 0) is 61.1 Å². The lowest BCUT2D eigenvalue weighted by atomic mass is 9.96. The van der Waals surface area contributed by atoms with Crippen molar-refractivity contribution in [3.05, 3.63) is 84.6 Å². The summed E-state index contributed by atoms with van der Waals surface area (Å²) < 4.78 is 1.93. The molecule has 0 spiro atoms. The van der Waals surface area contributed by atoms with Crippen LogP contribution in [0.1, 0.15) is 54.1 Å². The molecule has 9 nitrogen and oxygen atoms in total. The summed E-state index contributed by atoms with van der Waals surface area (Å²) in [5.74, 6) is 0.771. The molecule has 1 aliphatic rings. The minimum absolute atomic E-state index is 0.0916. The Kier molecular flexibility index (Phi) is 7.99. The SMILES string of the molecule is N#CCC(C1CCCC1)n1cc(-c2ccnc(Nc3cccc(C(=O)NCCc4cccnc4)c3)n2)cn1. The minimum Gasteiger partial charge on any atom is -0.352 e. The van der Waals surface area contributed by atoms with E-state index in [0.717, 1.165) is 29.7 Å². The monoisotopic (exact) mass is 506 g/mol. The average Bonchev–Trinajstić information content (AvgIpc) is 3.66. The Hall–Kier alpha value is -4.58. The number of carbonyl (C=O) groups is 1. The summed E-state index contributed by atoms with van der Waals surface area (Å²) in [5, 5.41) is 20.1. The van der Waals surface area contributed by atoms with E-state index in [2.05, 4.69) is 36.8 Å². The van der Waals surface area contributed by atoms with Gasteiger partial charge in [0.25, 0.3) is 5.91 Å². The number of anilines is 2. The van der Waals surface area contributed by atoms with Crippen LogP contribution in [-0.4, -0.2) is 37.2 Å². The maximum Gasteiger partial charge on any atom is 0.251 e. The summed E-state index contributed by atoms with van der Waals surface area (Å²) in [7, 11) is 0. The van der Waals surface area contributed by atoms with Gasteiger partial charge in [-0.25, -0.2) is 9.97 Å². The number of pyridine rings is 1. The number of rotatable bonds is 10. The Bertz CT molecular complexity index is 1410. The molecule has 5 rings (SSSR count). The summed E-state index contributed by atoms with van der Waals surface area (Å²) in [6, 6.07) is 15.4. The number of hydrogen-bond donors (Lipinski definition) is 2. The normalized spacial score (nSPS) is 14.1. The van der Waals surface area contributed by atoms with Crippen LogP contribution < -0.4 is 10.6 Å². The molecule has 3 heterocycles. The lowest BCUT2D eigenvalue weighted by Gasteiger charge is -2.21. The molecule has 1 saturated carbocycles. The maximum absolute atomic E-state index is 12.7. The van der Waals surface area contributed by atoms with Crippen molar-refractivity contribution in [1.29, 1.82) is 5.26 Å². The van der Waals surface area contributed by atoms with Crippen LogP contribution in [0.4, 0.5) is 11.6 Å². The number of nitriles is 1. The van der Waals surface area contributed by atoms with Crippen LogP contribution in [0.15, 0.2) is 73.4 Å². The molecule has 1 aromatic carbocycles. The van der Waals surface area contributed by atoms with Crippen molar-refractivity contribution in [2.75, 3.05) is 11.9 Å². The van der Waals surface area contributed by atoms with E-state index in [1.807, 2.05) is 41.2 Å². The molecule has 4 aromatic rings. The second-order valence-electron chi connectivity index (χ2n) is 9.52. The van der Waals surface area contributed by atoms with Crippen LogP contribution in [-0.2, 0) is 6.42 Å². The molecule has 3 aromatic heterocycles. The van der Waals surface area contributed by atoms with E-state index in [1.54, 1.807) is 36.9 Å². The van der Waals surface area contributed by atoms with Crippen molar-refractivity contribution in [3.63, 3.8) is 0 Å². The van der Waals surface area contributed by atoms with Gasteiger partial charge in [0.1, 0.15) is 0 Å². The maximum atomic E-state index is 12.7. The summed E-state index contributed by atoms with van der Waals surface area (Å²) in [4.78, 5) is 25.8. The fourth-order valence-corrected chi connectivity index (χ4v) is 4.98. The van der Waals surface area contributed by atoms with Crippen molar-refractivity contribution in [3.8, 4) is 17.3 Å². The first-order valence-electron chi connectivity index (χ1n) is 13.0. The van der Waals surface area contributed by atoms with Gasteiger partial charge in [-0.2, -0.15) is 10.4 Å². The Morgan fingerprint density at radius 3 is 2.84 bits per heavy atom. The van der Waals surface area contributed by atoms with Crippen LogP contribution in [0, 0.1) is 17.2 Å². The number of aromatic nitrogens is 5. The second kappa shape index (κ2) is 12.1. The molecule has 1 aliphatic carbocycles. The van der Waals surface area contributed by atoms with Crippen molar-refractivity contribution in [2.24, 2.45) is 5.92 Å². The zero-order valence-corrected chi connectivity index (χ0v) is 21.1. The predicted octanol–water partition coefficient (Wildman–Crippen LogP) is 5.10. The highest BCUT2D eigenvalue weighted by molar-refractivity contribution is 5.95. The molecule has 38 heavy (non-hydrogen) atoms. The molecule has 9 heteroatoms. The summed E-state index contributed by atoms with van der Waals surface area (Å²) in [5.41, 5.74) is 3.95. The van der Waals surface area contributed by atoms with Gasteiger partial charge in [0.15, 0.2) is 0 Å². The molecule has 0 aliphatic heterocycles. The first kappa shape index (κ1) is 25.1. The van der Waals surface area contributed by atoms with Gasteiger partial charge < -0.3 is 10.6 Å². The molecular formula is C29H30N8O. The molecule has 0 bridgehead atoms. The fourth-order valence-electron chi connectivity index (χ4n) is 4.98. The topological polar surface area (TPSA) is 121 Å². The third-order valence-electron chi connectivity index (χ3n) is 6.94. The Labute approximate surface area is 222 Å². The molecular weight excluding hydrogens is 476 g/mol. The van der Waals surface area contributed by atoms with Crippen LogP contribution in [0.3, 0.4) is 0 Å². The van der Waals surface area contributed by atoms with Crippen molar-refractivity contribution in [1.82, 2.24) is 30.0 Å². The van der Waals surface area contributed by atoms with Gasteiger partial charge in [-0.1, -0.05) is 25.0 Å². The average molecular weight is 507 g/mol. The number of nitrogens with zero attached hydrogens (tertiary/aromatic N) is 6. The van der Waals surface area contributed by atoms with Gasteiger partial charge in [-0.15, -0.1) is 0 Å². The third-order valence-corrected chi connectivity index (χ3v) is 6.94. The number of hydrogen-bond acceptors (Lipinski definition) is 7. The molecule has 192 valence electrons. The molecule has 1 unspecified atom stereocenters. The minimum atomic E-state index is -0.145. The van der Waals surface area contributed by atoms with Crippen LogP contribution in [0.2, 0.25) is 0 Å². The quantitative estimate of drug-likeness (QED) is 0.307. The van der Waals surface area contributed by atoms with E-state index in [-0.39, 0.29) is 11.9 Å². The smallest absolute Gasteiger partial charge is 0.251 e. The first-order valence-corrected chi connectivity index (χ1v) is 13.0. The fraction of sp³-hybridized carbons (Fsp3) is 0.310. The third kappa shape index (κ3) is 6.21. The van der Waals surface area contributed by atoms with Gasteiger partial charge in [-0.3, -0.25) is 14.5 Å². The zero-order chi connectivity index (χ0) is 26.2. The highest BCUT2D eigenvalue weighted by atomic mass is 16.1. The van der Waals surface area contributed by atoms with Crippen molar-refractivity contribution < 1.29 is 4.79 Å². The van der Waals surface area contributed by atoms with Crippen molar-refractivity contribution >= 4 is 17.5 Å². The largest absolute Gasteiger partial charge is 0.352 e. The molecule has 0 radical (unpaired) electrons.